The molecule has 0 bridgehead atoms. The van der Waals surface area contributed by atoms with Crippen LogP contribution in [-0.4, -0.2) is 19.5 Å². The molecular formula is C55H34N4O. The Labute approximate surface area is 362 Å². The minimum Gasteiger partial charge on any atom is -0.456 e. The van der Waals surface area contributed by atoms with E-state index in [1.54, 1.807) is 12.1 Å². The molecule has 0 atom stereocenters. The first kappa shape index (κ1) is 23.9. The molecule has 0 saturated carbocycles. The second-order valence-corrected chi connectivity index (χ2v) is 14.3. The van der Waals surface area contributed by atoms with Gasteiger partial charge in [0.2, 0.25) is 0 Å². The lowest BCUT2D eigenvalue weighted by Crippen LogP contribution is -2.04. The van der Waals surface area contributed by atoms with Gasteiger partial charge in [0.05, 0.1) is 33.2 Å². The zero-order valence-corrected chi connectivity index (χ0v) is 31.4. The Hall–Kier alpha value is -8.15. The smallest absolute Gasteiger partial charge is 0.166 e. The molecule has 3 heterocycles. The average Bonchev–Trinajstić information content (AvgIpc) is 3.97. The molecule has 0 spiro atoms. The molecule has 5 heteroatoms. The number of rotatable bonds is 6. The van der Waals surface area contributed by atoms with Crippen molar-refractivity contribution in [2.45, 2.75) is 0 Å². The summed E-state index contributed by atoms with van der Waals surface area (Å²) in [5.74, 6) is 0.723. The highest BCUT2D eigenvalue weighted by atomic mass is 16.3. The van der Waals surface area contributed by atoms with Crippen LogP contribution in [0.1, 0.15) is 16.4 Å². The van der Waals surface area contributed by atoms with E-state index in [-0.39, 0.29) is 39.1 Å². The molecule has 3 aromatic heterocycles. The summed E-state index contributed by atoms with van der Waals surface area (Å²) >= 11 is 0. The van der Waals surface area contributed by atoms with Crippen molar-refractivity contribution in [2.24, 2.45) is 0 Å². The van der Waals surface area contributed by atoms with Gasteiger partial charge in [-0.15, -0.1) is 0 Å². The highest BCUT2D eigenvalue weighted by Gasteiger charge is 2.21. The van der Waals surface area contributed by atoms with Crippen LogP contribution in [0.3, 0.4) is 0 Å². The van der Waals surface area contributed by atoms with Crippen LogP contribution in [0, 0.1) is 0 Å². The van der Waals surface area contributed by atoms with Gasteiger partial charge in [0.25, 0.3) is 0 Å². The standard InChI is InChI=1S/C55H34N4O/c1-3-13-35(14-4-1)40-27-30-49-47(32-40)43-19-9-11-21-48(43)59(49)50-33-41(39-24-23-36-15-7-8-18-38(36)31-39)25-29-46(50)55-57-53(37-16-5-2-6-17-37)56-54(58-55)42-26-28-45-44-20-10-12-22-51(44)60-52(45)34-42/h1-34H/i1D,3D,4D,9D,11D,13D,14D,19D,21D,27D,30D,32D. The molecule has 0 radical (unpaired) electrons. The van der Waals surface area contributed by atoms with E-state index < -0.39 is 83.6 Å². The lowest BCUT2D eigenvalue weighted by Gasteiger charge is -2.17. The third kappa shape index (κ3) is 5.67. The quantitative estimate of drug-likeness (QED) is 0.169. The van der Waals surface area contributed by atoms with Crippen molar-refractivity contribution in [1.29, 1.82) is 0 Å². The predicted molar refractivity (Wildman–Crippen MR) is 246 cm³/mol. The van der Waals surface area contributed by atoms with E-state index in [2.05, 4.69) is 0 Å². The minimum atomic E-state index is -0.708. The summed E-state index contributed by atoms with van der Waals surface area (Å²) in [6.07, 6.45) is 0. The Kier molecular flexibility index (Phi) is 5.49. The van der Waals surface area contributed by atoms with Gasteiger partial charge < -0.3 is 8.98 Å². The van der Waals surface area contributed by atoms with Crippen molar-refractivity contribution < 1.29 is 20.9 Å². The van der Waals surface area contributed by atoms with Crippen LogP contribution in [0.5, 0.6) is 0 Å². The molecule has 9 aromatic carbocycles. The second-order valence-electron chi connectivity index (χ2n) is 14.3. The summed E-state index contributed by atoms with van der Waals surface area (Å²) < 4.78 is 116. The molecule has 0 aliphatic carbocycles. The summed E-state index contributed by atoms with van der Waals surface area (Å²) in [6, 6.07) is 34.5. The first-order valence-electron chi connectivity index (χ1n) is 25.2. The van der Waals surface area contributed by atoms with Gasteiger partial charge in [0, 0.05) is 38.2 Å². The van der Waals surface area contributed by atoms with Crippen LogP contribution >= 0.6 is 0 Å². The normalized spacial score (nSPS) is 14.5. The van der Waals surface area contributed by atoms with Crippen molar-refractivity contribution in [1.82, 2.24) is 19.5 Å². The number of nitrogens with zero attached hydrogens (tertiary/aromatic N) is 4. The van der Waals surface area contributed by atoms with Gasteiger partial charge >= 0.3 is 0 Å². The summed E-state index contributed by atoms with van der Waals surface area (Å²) in [4.78, 5) is 15.2. The maximum absolute atomic E-state index is 9.82. The number of fused-ring (bicyclic) bond motifs is 7. The van der Waals surface area contributed by atoms with Gasteiger partial charge in [-0.1, -0.05) is 151 Å². The van der Waals surface area contributed by atoms with Gasteiger partial charge in [0.15, 0.2) is 17.5 Å². The molecule has 0 aliphatic rings. The first-order chi connectivity index (χ1) is 34.7. The van der Waals surface area contributed by atoms with Gasteiger partial charge in [-0.05, 0) is 87.6 Å². The van der Waals surface area contributed by atoms with Crippen molar-refractivity contribution >= 4 is 54.5 Å². The Morgan fingerprint density at radius 2 is 1.08 bits per heavy atom. The van der Waals surface area contributed by atoms with Crippen LogP contribution in [0.4, 0.5) is 0 Å². The number of hydrogen-bond acceptors (Lipinski definition) is 4. The SMILES string of the molecule is [2H]c1c([2H])c([2H])c(-c2c([2H])c([2H])c3c(c2[2H])c2c([2H])c([2H])c([2H])c([2H])c2n3-c2cc(-c3ccc4ccccc4c3)ccc2-c2nc(-c3ccccc3)nc(-c3ccc4c(c3)oc3ccccc34)n2)c([2H])c1[2H]. The Morgan fingerprint density at radius 1 is 0.400 bits per heavy atom. The van der Waals surface area contributed by atoms with E-state index in [0.717, 1.165) is 27.1 Å². The molecule has 60 heavy (non-hydrogen) atoms. The number of hydrogen-bond donors (Lipinski definition) is 0. The lowest BCUT2D eigenvalue weighted by atomic mass is 9.98. The number of benzene rings is 9. The molecule has 0 N–H and O–H groups in total. The molecule has 0 aliphatic heterocycles. The van der Waals surface area contributed by atoms with E-state index >= 15 is 0 Å². The number of aromatic nitrogens is 4. The zero-order chi connectivity index (χ0) is 50.0. The van der Waals surface area contributed by atoms with E-state index in [1.807, 2.05) is 121 Å². The number of furan rings is 1. The Bertz CT molecular complexity index is 4300. The first-order valence-corrected chi connectivity index (χ1v) is 19.2. The Morgan fingerprint density at radius 3 is 1.98 bits per heavy atom. The molecule has 0 saturated heterocycles. The van der Waals surface area contributed by atoms with Gasteiger partial charge in [-0.2, -0.15) is 0 Å². The van der Waals surface area contributed by atoms with Crippen LogP contribution in [-0.2, 0) is 0 Å². The second kappa shape index (κ2) is 13.8. The largest absolute Gasteiger partial charge is 0.456 e. The summed E-state index contributed by atoms with van der Waals surface area (Å²) in [6.45, 7) is 0. The fourth-order valence-electron chi connectivity index (χ4n) is 7.92. The summed E-state index contributed by atoms with van der Waals surface area (Å²) in [7, 11) is 0. The summed E-state index contributed by atoms with van der Waals surface area (Å²) in [5, 5.41) is 3.43. The Balaban J connectivity index is 1.22. The third-order valence-corrected chi connectivity index (χ3v) is 10.8. The minimum absolute atomic E-state index is 0.138. The molecular weight excluding hydrogens is 733 g/mol. The number of para-hydroxylation sites is 2. The van der Waals surface area contributed by atoms with E-state index in [1.165, 1.54) is 4.57 Å². The van der Waals surface area contributed by atoms with E-state index in [9.17, 15) is 6.85 Å². The fraction of sp³-hybridized carbons (Fsp3) is 0. The van der Waals surface area contributed by atoms with Crippen LogP contribution in [0.2, 0.25) is 0 Å². The monoisotopic (exact) mass is 778 g/mol. The molecule has 280 valence electrons. The molecule has 5 nitrogen and oxygen atoms in total. The van der Waals surface area contributed by atoms with Crippen molar-refractivity contribution in [2.75, 3.05) is 0 Å². The van der Waals surface area contributed by atoms with E-state index in [0.29, 0.717) is 39.2 Å². The lowest BCUT2D eigenvalue weighted by molar-refractivity contribution is 0.669. The van der Waals surface area contributed by atoms with Crippen molar-refractivity contribution in [3.05, 3.63) is 206 Å². The summed E-state index contributed by atoms with van der Waals surface area (Å²) in [5.41, 5.74) is 3.33. The highest BCUT2D eigenvalue weighted by molar-refractivity contribution is 6.11. The fourth-order valence-corrected chi connectivity index (χ4v) is 7.92. The van der Waals surface area contributed by atoms with E-state index in [4.69, 9.17) is 29.0 Å². The third-order valence-electron chi connectivity index (χ3n) is 10.8. The zero-order valence-electron chi connectivity index (χ0n) is 43.4. The van der Waals surface area contributed by atoms with Crippen LogP contribution < -0.4 is 0 Å². The molecule has 12 aromatic rings. The van der Waals surface area contributed by atoms with Crippen molar-refractivity contribution in [3.8, 4) is 62.1 Å². The maximum Gasteiger partial charge on any atom is 0.166 e. The molecule has 0 unspecified atom stereocenters. The van der Waals surface area contributed by atoms with Crippen molar-refractivity contribution in [3.63, 3.8) is 0 Å². The highest BCUT2D eigenvalue weighted by Crippen LogP contribution is 2.40. The molecule has 0 fully saturated rings. The molecule has 12 rings (SSSR count). The van der Waals surface area contributed by atoms with Gasteiger partial charge in [-0.25, -0.2) is 15.0 Å². The van der Waals surface area contributed by atoms with Crippen LogP contribution in [0.25, 0.3) is 117 Å². The predicted octanol–water partition coefficient (Wildman–Crippen LogP) is 14.4. The topological polar surface area (TPSA) is 56.7 Å². The van der Waals surface area contributed by atoms with Gasteiger partial charge in [-0.3, -0.25) is 0 Å². The van der Waals surface area contributed by atoms with Crippen LogP contribution in [0.15, 0.2) is 210 Å². The average molecular weight is 779 g/mol. The molecule has 0 amide bonds. The maximum atomic E-state index is 9.82. The van der Waals surface area contributed by atoms with Gasteiger partial charge in [0.1, 0.15) is 11.2 Å².